The zero-order valence-electron chi connectivity index (χ0n) is 19.4. The van der Waals surface area contributed by atoms with Gasteiger partial charge in [-0.15, -0.1) is 0 Å². The summed E-state index contributed by atoms with van der Waals surface area (Å²) in [5.41, 5.74) is 2.75. The van der Waals surface area contributed by atoms with Gasteiger partial charge in [0.25, 0.3) is 5.91 Å². The molecule has 0 spiro atoms. The van der Waals surface area contributed by atoms with E-state index in [1.165, 1.54) is 13.0 Å². The first-order valence-corrected chi connectivity index (χ1v) is 13.3. The van der Waals surface area contributed by atoms with Crippen molar-refractivity contribution < 1.29 is 22.7 Å². The van der Waals surface area contributed by atoms with Crippen LogP contribution in [0.25, 0.3) is 6.08 Å². The molecule has 0 radical (unpaired) electrons. The van der Waals surface area contributed by atoms with Crippen LogP contribution in [0, 0.1) is 19.3 Å². The zero-order chi connectivity index (χ0) is 25.2. The molecule has 0 saturated carbocycles. The van der Waals surface area contributed by atoms with Gasteiger partial charge in [-0.05, 0) is 48.7 Å². The molecule has 0 saturated heterocycles. The minimum Gasteiger partial charge on any atom is -0.490 e. The molecule has 0 atom stereocenters. The van der Waals surface area contributed by atoms with E-state index in [0.717, 1.165) is 33.7 Å². The highest BCUT2D eigenvalue weighted by atomic mass is 32.2. The maximum Gasteiger partial charge on any atom is 0.283 e. The number of aliphatic imine (C=N–C) groups is 1. The summed E-state index contributed by atoms with van der Waals surface area (Å²) in [6.07, 6.45) is 1.50. The third kappa shape index (κ3) is 5.15. The molecule has 2 aliphatic heterocycles. The third-order valence-corrected chi connectivity index (χ3v) is 7.76. The van der Waals surface area contributed by atoms with Gasteiger partial charge in [0.15, 0.2) is 0 Å². The number of rotatable bonds is 7. The summed E-state index contributed by atoms with van der Waals surface area (Å²) >= 11 is 0.773. The molecule has 0 aliphatic carbocycles. The highest BCUT2D eigenvalue weighted by Gasteiger charge is 2.42. The fourth-order valence-electron chi connectivity index (χ4n) is 3.49. The van der Waals surface area contributed by atoms with E-state index < -0.39 is 15.7 Å². The summed E-state index contributed by atoms with van der Waals surface area (Å²) in [5.74, 6) is 0.419. The van der Waals surface area contributed by atoms with Crippen LogP contribution in [0.1, 0.15) is 23.6 Å². The van der Waals surface area contributed by atoms with E-state index in [-0.39, 0.29) is 27.5 Å². The molecule has 2 heterocycles. The molecule has 1 amide bonds. The highest BCUT2D eigenvalue weighted by Crippen LogP contribution is 2.30. The molecular weight excluding hydrogens is 488 g/mol. The van der Waals surface area contributed by atoms with Crippen molar-refractivity contribution in [3.05, 3.63) is 64.7 Å². The van der Waals surface area contributed by atoms with Crippen molar-refractivity contribution in [3.63, 3.8) is 0 Å². The van der Waals surface area contributed by atoms with Crippen molar-refractivity contribution in [3.8, 4) is 11.5 Å². The number of amidine groups is 3. The van der Waals surface area contributed by atoms with Gasteiger partial charge in [0.2, 0.25) is 20.2 Å². The normalized spacial score (nSPS) is 16.8. The number of benzene rings is 2. The fraction of sp³-hybridized carbons (Fsp3) is 0.250. The van der Waals surface area contributed by atoms with Crippen LogP contribution in [0.4, 0.5) is 0 Å². The smallest absolute Gasteiger partial charge is 0.283 e. The monoisotopic (exact) mass is 512 g/mol. The number of carbonyl (C=O) groups excluding carboxylic acids is 1. The van der Waals surface area contributed by atoms with E-state index >= 15 is 0 Å². The first-order valence-electron chi connectivity index (χ1n) is 10.8. The van der Waals surface area contributed by atoms with E-state index in [0.29, 0.717) is 24.5 Å². The molecule has 0 bridgehead atoms. The number of nitrogens with one attached hydrogen (secondary N) is 1. The molecule has 0 fully saturated rings. The molecule has 9 nitrogen and oxygen atoms in total. The Morgan fingerprint density at radius 1 is 1.06 bits per heavy atom. The van der Waals surface area contributed by atoms with Crippen molar-refractivity contribution in [1.82, 2.24) is 4.90 Å². The summed E-state index contributed by atoms with van der Waals surface area (Å²) in [4.78, 5) is 17.5. The van der Waals surface area contributed by atoms with Crippen LogP contribution in [0.15, 0.2) is 57.4 Å². The van der Waals surface area contributed by atoms with Crippen LogP contribution in [-0.4, -0.2) is 54.4 Å². The molecule has 4 rings (SSSR count). The fourth-order valence-corrected chi connectivity index (χ4v) is 5.45. The van der Waals surface area contributed by atoms with Crippen molar-refractivity contribution in [2.24, 2.45) is 9.39 Å². The standard InChI is InChI=1S/C24H24N4O5S2/c1-4-35(30,31)24-27-34-23-26-22(29)19(21(25)28(23)24)14-17-8-10-18(11-9-17)32-12-13-33-20-15(2)6-5-7-16(20)3/h5-11,14,25H,4,12-13H2,1-3H3/b19-14-,25-21?. The Labute approximate surface area is 208 Å². The summed E-state index contributed by atoms with van der Waals surface area (Å²) in [6, 6.07) is 13.0. The lowest BCUT2D eigenvalue weighted by atomic mass is 10.1. The van der Waals surface area contributed by atoms with E-state index in [1.54, 1.807) is 24.3 Å². The largest absolute Gasteiger partial charge is 0.490 e. The summed E-state index contributed by atoms with van der Waals surface area (Å²) in [5, 5.41) is 8.24. The van der Waals surface area contributed by atoms with Crippen LogP contribution < -0.4 is 9.47 Å². The number of fused-ring (bicyclic) bond motifs is 1. The Hall–Kier alpha value is -3.44. The lowest BCUT2D eigenvalue weighted by molar-refractivity contribution is -0.114. The van der Waals surface area contributed by atoms with Gasteiger partial charge in [0.1, 0.15) is 30.5 Å². The van der Waals surface area contributed by atoms with Gasteiger partial charge in [0.05, 0.1) is 23.3 Å². The lowest BCUT2D eigenvalue weighted by Crippen LogP contribution is -2.45. The summed E-state index contributed by atoms with van der Waals surface area (Å²) < 4.78 is 40.2. The van der Waals surface area contributed by atoms with Gasteiger partial charge in [-0.25, -0.2) is 13.3 Å². The van der Waals surface area contributed by atoms with Crippen molar-refractivity contribution >= 4 is 49.9 Å². The number of hydrogen-bond donors (Lipinski definition) is 1. The van der Waals surface area contributed by atoms with Gasteiger partial charge in [0, 0.05) is 0 Å². The number of nitrogens with zero attached hydrogens (tertiary/aromatic N) is 3. The second-order valence-corrected chi connectivity index (χ2v) is 10.7. The van der Waals surface area contributed by atoms with E-state index in [2.05, 4.69) is 9.39 Å². The van der Waals surface area contributed by atoms with Crippen LogP contribution in [0.2, 0.25) is 0 Å². The molecule has 182 valence electrons. The Morgan fingerprint density at radius 2 is 1.71 bits per heavy atom. The summed E-state index contributed by atoms with van der Waals surface area (Å²) in [6.45, 7) is 6.24. The van der Waals surface area contributed by atoms with Crippen LogP contribution in [0.3, 0.4) is 0 Å². The average Bonchev–Trinajstić information content (AvgIpc) is 3.26. The molecule has 2 aromatic carbocycles. The zero-order valence-corrected chi connectivity index (χ0v) is 21.1. The molecule has 11 heteroatoms. The number of hydrogen-bond acceptors (Lipinski definition) is 8. The van der Waals surface area contributed by atoms with E-state index in [1.807, 2.05) is 32.0 Å². The number of sulfone groups is 1. The highest BCUT2D eigenvalue weighted by molar-refractivity contribution is 8.16. The second-order valence-electron chi connectivity index (χ2n) is 7.80. The Morgan fingerprint density at radius 3 is 2.37 bits per heavy atom. The van der Waals surface area contributed by atoms with Gasteiger partial charge < -0.3 is 9.47 Å². The molecule has 0 unspecified atom stereocenters. The van der Waals surface area contributed by atoms with Crippen LogP contribution in [0.5, 0.6) is 11.5 Å². The minimum atomic E-state index is -3.69. The van der Waals surface area contributed by atoms with Gasteiger partial charge >= 0.3 is 0 Å². The summed E-state index contributed by atoms with van der Waals surface area (Å²) in [7, 11) is -3.69. The predicted octanol–water partition coefficient (Wildman–Crippen LogP) is 3.77. The lowest BCUT2D eigenvalue weighted by Gasteiger charge is -2.24. The quantitative estimate of drug-likeness (QED) is 0.340. The van der Waals surface area contributed by atoms with Crippen LogP contribution in [-0.2, 0) is 14.6 Å². The van der Waals surface area contributed by atoms with E-state index in [9.17, 15) is 13.2 Å². The van der Waals surface area contributed by atoms with Crippen molar-refractivity contribution in [2.75, 3.05) is 19.0 Å². The Balaban J connectivity index is 1.42. The first-order chi connectivity index (χ1) is 16.7. The second kappa shape index (κ2) is 10.0. The number of aryl methyl sites for hydroxylation is 2. The molecular formula is C24H24N4O5S2. The molecule has 1 N–H and O–H groups in total. The Bertz CT molecular complexity index is 1360. The predicted molar refractivity (Wildman–Crippen MR) is 138 cm³/mol. The number of ether oxygens (including phenoxy) is 2. The molecule has 0 aromatic heterocycles. The van der Waals surface area contributed by atoms with Gasteiger partial charge in [-0.2, -0.15) is 9.39 Å². The maximum absolute atomic E-state index is 12.5. The van der Waals surface area contributed by atoms with Crippen molar-refractivity contribution in [1.29, 1.82) is 5.41 Å². The van der Waals surface area contributed by atoms with Crippen LogP contribution >= 0.6 is 11.9 Å². The third-order valence-electron chi connectivity index (χ3n) is 5.35. The van der Waals surface area contributed by atoms with E-state index in [4.69, 9.17) is 14.9 Å². The molecule has 35 heavy (non-hydrogen) atoms. The number of carbonyl (C=O) groups is 1. The van der Waals surface area contributed by atoms with Gasteiger partial charge in [-0.3, -0.25) is 10.2 Å². The van der Waals surface area contributed by atoms with Crippen molar-refractivity contribution in [2.45, 2.75) is 20.8 Å². The minimum absolute atomic E-state index is 0.0223. The molecule has 2 aromatic rings. The van der Waals surface area contributed by atoms with Gasteiger partial charge in [-0.1, -0.05) is 37.3 Å². The number of amides is 1. The Kier molecular flexibility index (Phi) is 7.08. The molecule has 2 aliphatic rings. The SMILES string of the molecule is CCS(=O)(=O)C1=NSC2=NC(=O)/C(=C\c3ccc(OCCOc4c(C)cccc4C)cc3)C(=N)N21. The topological polar surface area (TPSA) is 121 Å². The first kappa shape index (κ1) is 24.7. The average molecular weight is 513 g/mol. The number of para-hydroxylation sites is 1. The maximum atomic E-state index is 12.5.